The lowest BCUT2D eigenvalue weighted by Gasteiger charge is -2.39. The summed E-state index contributed by atoms with van der Waals surface area (Å²) in [5, 5.41) is 11.5. The predicted molar refractivity (Wildman–Crippen MR) is 62.7 cm³/mol. The Morgan fingerprint density at radius 3 is 2.74 bits per heavy atom. The first-order chi connectivity index (χ1) is 8.97. The molecule has 1 aromatic carbocycles. The number of nitrogens with one attached hydrogen (secondary N) is 1. The monoisotopic (exact) mass is 270 g/mol. The van der Waals surface area contributed by atoms with Crippen LogP contribution >= 0.6 is 0 Å². The van der Waals surface area contributed by atoms with Crippen LogP contribution in [-0.4, -0.2) is 24.9 Å². The van der Waals surface area contributed by atoms with Gasteiger partial charge in [-0.05, 0) is 37.6 Å². The van der Waals surface area contributed by atoms with Crippen LogP contribution in [0.15, 0.2) is 24.3 Å². The number of alkyl halides is 3. The molecule has 3 nitrogen and oxygen atoms in total. The highest BCUT2D eigenvalue weighted by atomic mass is 19.4. The van der Waals surface area contributed by atoms with Gasteiger partial charge in [0.15, 0.2) is 0 Å². The van der Waals surface area contributed by atoms with Gasteiger partial charge in [0, 0.05) is 6.54 Å². The molecule has 2 rings (SSSR count). The minimum atomic E-state index is -4.46. The second kappa shape index (κ2) is 5.10. The minimum Gasteiger partial charge on any atom is -0.476 e. The largest absolute Gasteiger partial charge is 0.476 e. The van der Waals surface area contributed by atoms with E-state index in [-0.39, 0.29) is 24.3 Å². The van der Waals surface area contributed by atoms with Gasteiger partial charge in [-0.3, -0.25) is 0 Å². The number of benzene rings is 1. The van der Waals surface area contributed by atoms with Crippen LogP contribution in [0.3, 0.4) is 0 Å². The van der Waals surface area contributed by atoms with Crippen molar-refractivity contribution in [3.05, 3.63) is 29.8 Å². The second-order valence-corrected chi connectivity index (χ2v) is 4.51. The van der Waals surface area contributed by atoms with E-state index in [0.717, 1.165) is 0 Å². The number of rotatable bonds is 2. The molecular formula is C13H13F3N2O. The molecule has 0 spiro atoms. The molecule has 1 atom stereocenters. The third-order valence-electron chi connectivity index (χ3n) is 3.14. The first-order valence-corrected chi connectivity index (χ1v) is 5.93. The molecule has 1 saturated heterocycles. The lowest BCUT2D eigenvalue weighted by atomic mass is 9.93. The summed E-state index contributed by atoms with van der Waals surface area (Å²) in [5.41, 5.74) is -1.93. The Kier molecular flexibility index (Phi) is 3.67. The van der Waals surface area contributed by atoms with E-state index >= 15 is 0 Å². The average Bonchev–Trinajstić information content (AvgIpc) is 2.39. The van der Waals surface area contributed by atoms with Crippen molar-refractivity contribution in [1.82, 2.24) is 5.32 Å². The van der Waals surface area contributed by atoms with Crippen molar-refractivity contribution in [2.45, 2.75) is 24.6 Å². The van der Waals surface area contributed by atoms with E-state index in [0.29, 0.717) is 13.0 Å². The smallest absolute Gasteiger partial charge is 0.429 e. The first kappa shape index (κ1) is 13.7. The van der Waals surface area contributed by atoms with E-state index in [1.165, 1.54) is 24.3 Å². The fraction of sp³-hybridized carbons (Fsp3) is 0.462. The summed E-state index contributed by atoms with van der Waals surface area (Å²) >= 11 is 0. The van der Waals surface area contributed by atoms with Gasteiger partial charge < -0.3 is 10.1 Å². The van der Waals surface area contributed by atoms with Gasteiger partial charge in [0.2, 0.25) is 5.60 Å². The average molecular weight is 270 g/mol. The lowest BCUT2D eigenvalue weighted by molar-refractivity contribution is -0.252. The molecule has 19 heavy (non-hydrogen) atoms. The maximum atomic E-state index is 13.2. The minimum absolute atomic E-state index is 0.0695. The number of ether oxygens (including phenoxy) is 1. The number of nitriles is 1. The molecule has 102 valence electrons. The standard InChI is InChI=1S/C13H13F3N2O/c14-13(15,16)12(5-2-6-18-9-12)19-11-4-1-3-10(7-11)8-17/h1,3-4,7,18H,2,5-6,9H2. The molecule has 0 aliphatic carbocycles. The third-order valence-corrected chi connectivity index (χ3v) is 3.14. The Morgan fingerprint density at radius 1 is 1.37 bits per heavy atom. The van der Waals surface area contributed by atoms with Crippen molar-refractivity contribution in [3.8, 4) is 11.8 Å². The summed E-state index contributed by atoms with van der Waals surface area (Å²) in [7, 11) is 0. The summed E-state index contributed by atoms with van der Waals surface area (Å²) in [5.74, 6) is 0.0695. The highest BCUT2D eigenvalue weighted by Crippen LogP contribution is 2.39. The van der Waals surface area contributed by atoms with Gasteiger partial charge in [0.05, 0.1) is 11.6 Å². The van der Waals surface area contributed by atoms with Gasteiger partial charge in [0.25, 0.3) is 0 Å². The molecule has 1 N–H and O–H groups in total. The molecule has 0 aromatic heterocycles. The molecular weight excluding hydrogens is 257 g/mol. The first-order valence-electron chi connectivity index (χ1n) is 5.93. The Labute approximate surface area is 109 Å². The molecule has 0 amide bonds. The Balaban J connectivity index is 2.28. The number of hydrogen-bond donors (Lipinski definition) is 1. The SMILES string of the molecule is N#Cc1cccc(OC2(C(F)(F)F)CCCNC2)c1. The van der Waals surface area contributed by atoms with Gasteiger partial charge in [0.1, 0.15) is 5.75 Å². The molecule has 1 unspecified atom stereocenters. The number of halogens is 3. The van der Waals surface area contributed by atoms with E-state index in [1.807, 2.05) is 6.07 Å². The number of hydrogen-bond acceptors (Lipinski definition) is 3. The van der Waals surface area contributed by atoms with Crippen LogP contribution < -0.4 is 10.1 Å². The maximum absolute atomic E-state index is 13.2. The molecule has 1 heterocycles. The third kappa shape index (κ3) is 2.82. The lowest BCUT2D eigenvalue weighted by Crippen LogP contribution is -2.59. The van der Waals surface area contributed by atoms with Crippen LogP contribution in [0.25, 0.3) is 0 Å². The number of nitrogens with zero attached hydrogens (tertiary/aromatic N) is 1. The van der Waals surface area contributed by atoms with Gasteiger partial charge in [-0.2, -0.15) is 18.4 Å². The summed E-state index contributed by atoms with van der Waals surface area (Å²) < 4.78 is 44.9. The fourth-order valence-corrected chi connectivity index (χ4v) is 2.12. The summed E-state index contributed by atoms with van der Waals surface area (Å²) in [6, 6.07) is 7.66. The zero-order valence-electron chi connectivity index (χ0n) is 10.1. The molecule has 0 saturated carbocycles. The predicted octanol–water partition coefficient (Wildman–Crippen LogP) is 2.62. The quantitative estimate of drug-likeness (QED) is 0.898. The second-order valence-electron chi connectivity index (χ2n) is 4.51. The fourth-order valence-electron chi connectivity index (χ4n) is 2.12. The topological polar surface area (TPSA) is 45.0 Å². The highest BCUT2D eigenvalue weighted by Gasteiger charge is 2.57. The molecule has 0 radical (unpaired) electrons. The molecule has 1 aliphatic heterocycles. The van der Waals surface area contributed by atoms with Gasteiger partial charge in [-0.1, -0.05) is 6.07 Å². The number of piperidine rings is 1. The van der Waals surface area contributed by atoms with Crippen LogP contribution in [0, 0.1) is 11.3 Å². The van der Waals surface area contributed by atoms with Crippen LogP contribution in [0.2, 0.25) is 0 Å². The van der Waals surface area contributed by atoms with Crippen molar-refractivity contribution >= 4 is 0 Å². The van der Waals surface area contributed by atoms with Gasteiger partial charge in [-0.25, -0.2) is 0 Å². The van der Waals surface area contributed by atoms with Crippen LogP contribution in [0.5, 0.6) is 5.75 Å². The molecule has 0 bridgehead atoms. The molecule has 1 aromatic rings. The van der Waals surface area contributed by atoms with E-state index in [9.17, 15) is 13.2 Å². The van der Waals surface area contributed by atoms with Gasteiger partial charge in [-0.15, -0.1) is 0 Å². The normalized spacial score (nSPS) is 23.7. The van der Waals surface area contributed by atoms with Crippen molar-refractivity contribution in [2.24, 2.45) is 0 Å². The van der Waals surface area contributed by atoms with Crippen molar-refractivity contribution in [2.75, 3.05) is 13.1 Å². The summed E-state index contributed by atoms with van der Waals surface area (Å²) in [6.07, 6.45) is -4.14. The molecule has 6 heteroatoms. The van der Waals surface area contributed by atoms with Crippen LogP contribution in [0.1, 0.15) is 18.4 Å². The van der Waals surface area contributed by atoms with Crippen molar-refractivity contribution < 1.29 is 17.9 Å². The summed E-state index contributed by atoms with van der Waals surface area (Å²) in [6.45, 7) is 0.284. The van der Waals surface area contributed by atoms with Gasteiger partial charge >= 0.3 is 6.18 Å². The summed E-state index contributed by atoms with van der Waals surface area (Å²) in [4.78, 5) is 0. The zero-order chi connectivity index (χ0) is 13.9. The molecule has 1 fully saturated rings. The molecule has 1 aliphatic rings. The zero-order valence-corrected chi connectivity index (χ0v) is 10.1. The Morgan fingerprint density at radius 2 is 2.16 bits per heavy atom. The Bertz CT molecular complexity index is 487. The van der Waals surface area contributed by atoms with E-state index in [2.05, 4.69) is 5.32 Å². The maximum Gasteiger partial charge on any atom is 0.429 e. The van der Waals surface area contributed by atoms with Crippen molar-refractivity contribution in [3.63, 3.8) is 0 Å². The Hall–Kier alpha value is -1.74. The van der Waals surface area contributed by atoms with E-state index in [4.69, 9.17) is 10.00 Å². The van der Waals surface area contributed by atoms with Crippen molar-refractivity contribution in [1.29, 1.82) is 5.26 Å². The van der Waals surface area contributed by atoms with Crippen LogP contribution in [-0.2, 0) is 0 Å². The highest BCUT2D eigenvalue weighted by molar-refractivity contribution is 5.36. The van der Waals surface area contributed by atoms with Crippen LogP contribution in [0.4, 0.5) is 13.2 Å². The van der Waals surface area contributed by atoms with E-state index in [1.54, 1.807) is 0 Å². The van der Waals surface area contributed by atoms with E-state index < -0.39 is 11.8 Å².